The van der Waals surface area contributed by atoms with Crippen LogP contribution in [0.5, 0.6) is 0 Å². The Morgan fingerprint density at radius 2 is 2.00 bits per heavy atom. The summed E-state index contributed by atoms with van der Waals surface area (Å²) in [5.41, 5.74) is 0.150. The largest absolute Gasteiger partial charge is 0.370 e. The van der Waals surface area contributed by atoms with Crippen molar-refractivity contribution in [3.8, 4) is 0 Å². The van der Waals surface area contributed by atoms with Crippen LogP contribution in [0.2, 0.25) is 0 Å². The van der Waals surface area contributed by atoms with E-state index in [0.717, 1.165) is 30.5 Å². The molecule has 0 aliphatic carbocycles. The summed E-state index contributed by atoms with van der Waals surface area (Å²) in [6.07, 6.45) is 2.46. The maximum Gasteiger partial charge on any atom is 0.138 e. The van der Waals surface area contributed by atoms with Crippen molar-refractivity contribution < 1.29 is 0 Å². The van der Waals surface area contributed by atoms with Crippen LogP contribution in [0.15, 0.2) is 6.07 Å². The van der Waals surface area contributed by atoms with Crippen molar-refractivity contribution >= 4 is 11.6 Å². The van der Waals surface area contributed by atoms with Crippen LogP contribution >= 0.6 is 0 Å². The molecule has 20 heavy (non-hydrogen) atoms. The Labute approximate surface area is 123 Å². The second-order valence-electron chi connectivity index (χ2n) is 7.28. The summed E-state index contributed by atoms with van der Waals surface area (Å²) in [7, 11) is 0. The zero-order valence-electron chi connectivity index (χ0n) is 13.7. The highest BCUT2D eigenvalue weighted by Gasteiger charge is 2.33. The van der Waals surface area contributed by atoms with E-state index in [0.29, 0.717) is 0 Å². The minimum absolute atomic E-state index is 0.0377. The topological polar surface area (TPSA) is 41.0 Å². The van der Waals surface area contributed by atoms with Gasteiger partial charge in [-0.15, -0.1) is 0 Å². The van der Waals surface area contributed by atoms with Gasteiger partial charge in [0.15, 0.2) is 0 Å². The standard InChI is InChI=1S/C16H28N4/c1-7-17-12-11-13(19-14(18-12)15(2,3)4)20-10-8-9-16(20,5)6/h11H,7-10H2,1-6H3,(H,17,18,19). The van der Waals surface area contributed by atoms with Crippen LogP contribution in [-0.4, -0.2) is 28.6 Å². The van der Waals surface area contributed by atoms with Crippen LogP contribution in [0.4, 0.5) is 11.6 Å². The second kappa shape index (κ2) is 5.23. The molecule has 0 unspecified atom stereocenters. The monoisotopic (exact) mass is 276 g/mol. The summed E-state index contributed by atoms with van der Waals surface area (Å²) in [6.45, 7) is 15.1. The van der Waals surface area contributed by atoms with Gasteiger partial charge in [0.25, 0.3) is 0 Å². The molecule has 2 rings (SSSR count). The quantitative estimate of drug-likeness (QED) is 0.916. The zero-order valence-corrected chi connectivity index (χ0v) is 13.7. The molecule has 0 aromatic carbocycles. The van der Waals surface area contributed by atoms with Crippen LogP contribution < -0.4 is 10.2 Å². The average molecular weight is 276 g/mol. The van der Waals surface area contributed by atoms with Crippen LogP contribution in [0.1, 0.15) is 60.2 Å². The maximum atomic E-state index is 4.84. The molecular formula is C16H28N4. The lowest BCUT2D eigenvalue weighted by Gasteiger charge is -2.33. The highest BCUT2D eigenvalue weighted by Crippen LogP contribution is 2.34. The Kier molecular flexibility index (Phi) is 3.94. The highest BCUT2D eigenvalue weighted by molar-refractivity contribution is 5.52. The van der Waals surface area contributed by atoms with Gasteiger partial charge in [-0.3, -0.25) is 0 Å². The molecule has 4 nitrogen and oxygen atoms in total. The zero-order chi connectivity index (χ0) is 15.0. The lowest BCUT2D eigenvalue weighted by molar-refractivity contribution is 0.506. The van der Waals surface area contributed by atoms with Crippen LogP contribution in [0.3, 0.4) is 0 Å². The molecule has 1 aromatic heterocycles. The predicted molar refractivity (Wildman–Crippen MR) is 85.6 cm³/mol. The van der Waals surface area contributed by atoms with Crippen molar-refractivity contribution in [3.63, 3.8) is 0 Å². The van der Waals surface area contributed by atoms with Gasteiger partial charge < -0.3 is 10.2 Å². The minimum Gasteiger partial charge on any atom is -0.370 e. The van der Waals surface area contributed by atoms with Crippen LogP contribution in [0, 0.1) is 0 Å². The first-order chi connectivity index (χ1) is 9.24. The Hall–Kier alpha value is -1.32. The molecule has 1 aliphatic rings. The smallest absolute Gasteiger partial charge is 0.138 e. The number of hydrogen-bond acceptors (Lipinski definition) is 4. The molecule has 1 fully saturated rings. The molecule has 1 aromatic rings. The van der Waals surface area contributed by atoms with Gasteiger partial charge in [0.05, 0.1) is 0 Å². The van der Waals surface area contributed by atoms with Gasteiger partial charge in [-0.1, -0.05) is 20.8 Å². The molecule has 1 N–H and O–H groups in total. The Bertz CT molecular complexity index is 474. The average Bonchev–Trinajstić information content (AvgIpc) is 2.68. The van der Waals surface area contributed by atoms with Gasteiger partial charge in [0, 0.05) is 30.1 Å². The molecule has 1 saturated heterocycles. The van der Waals surface area contributed by atoms with E-state index in [9.17, 15) is 0 Å². The summed E-state index contributed by atoms with van der Waals surface area (Å²) in [5.74, 6) is 2.90. The fraction of sp³-hybridized carbons (Fsp3) is 0.750. The number of hydrogen-bond donors (Lipinski definition) is 1. The van der Waals surface area contributed by atoms with Gasteiger partial charge in [0.1, 0.15) is 17.5 Å². The van der Waals surface area contributed by atoms with E-state index in [1.807, 2.05) is 0 Å². The molecule has 0 amide bonds. The number of nitrogens with zero attached hydrogens (tertiary/aromatic N) is 3. The molecule has 0 radical (unpaired) electrons. The minimum atomic E-state index is -0.0377. The molecule has 2 heterocycles. The predicted octanol–water partition coefficient (Wildman–Crippen LogP) is 3.58. The third-order valence-corrected chi connectivity index (χ3v) is 3.92. The van der Waals surface area contributed by atoms with E-state index in [4.69, 9.17) is 4.98 Å². The lowest BCUT2D eigenvalue weighted by atomic mass is 9.95. The van der Waals surface area contributed by atoms with Crippen molar-refractivity contribution in [2.24, 2.45) is 0 Å². The maximum absolute atomic E-state index is 4.84. The summed E-state index contributed by atoms with van der Waals surface area (Å²) < 4.78 is 0. The Balaban J connectivity index is 2.44. The Morgan fingerprint density at radius 3 is 2.50 bits per heavy atom. The summed E-state index contributed by atoms with van der Waals surface area (Å²) in [4.78, 5) is 11.9. The SMILES string of the molecule is CCNc1cc(N2CCCC2(C)C)nc(C(C)(C)C)n1. The first-order valence-corrected chi connectivity index (χ1v) is 7.65. The first-order valence-electron chi connectivity index (χ1n) is 7.65. The Morgan fingerprint density at radius 1 is 1.30 bits per heavy atom. The number of nitrogens with one attached hydrogen (secondary N) is 1. The molecule has 0 spiro atoms. The highest BCUT2D eigenvalue weighted by atomic mass is 15.3. The third-order valence-electron chi connectivity index (χ3n) is 3.92. The van der Waals surface area contributed by atoms with Gasteiger partial charge in [-0.2, -0.15) is 0 Å². The lowest BCUT2D eigenvalue weighted by Crippen LogP contribution is -2.39. The van der Waals surface area contributed by atoms with Gasteiger partial charge in [-0.05, 0) is 33.6 Å². The molecule has 4 heteroatoms. The van der Waals surface area contributed by atoms with Crippen molar-refractivity contribution in [2.75, 3.05) is 23.3 Å². The molecular weight excluding hydrogens is 248 g/mol. The van der Waals surface area contributed by atoms with Gasteiger partial charge in [-0.25, -0.2) is 9.97 Å². The fourth-order valence-corrected chi connectivity index (χ4v) is 2.71. The van der Waals surface area contributed by atoms with E-state index >= 15 is 0 Å². The number of aromatic nitrogens is 2. The molecule has 0 atom stereocenters. The number of rotatable bonds is 3. The molecule has 0 saturated carbocycles. The number of anilines is 2. The van der Waals surface area contributed by atoms with E-state index in [-0.39, 0.29) is 11.0 Å². The summed E-state index contributed by atoms with van der Waals surface area (Å²) in [6, 6.07) is 2.09. The van der Waals surface area contributed by atoms with Crippen molar-refractivity contribution in [1.82, 2.24) is 9.97 Å². The van der Waals surface area contributed by atoms with E-state index in [2.05, 4.69) is 62.8 Å². The normalized spacial score (nSPS) is 18.4. The molecule has 112 valence electrons. The summed E-state index contributed by atoms with van der Waals surface area (Å²) >= 11 is 0. The van der Waals surface area contributed by atoms with Gasteiger partial charge >= 0.3 is 0 Å². The molecule has 0 bridgehead atoms. The van der Waals surface area contributed by atoms with Crippen molar-refractivity contribution in [2.45, 2.75) is 65.3 Å². The summed E-state index contributed by atoms with van der Waals surface area (Å²) in [5, 5.41) is 3.33. The van der Waals surface area contributed by atoms with E-state index in [1.165, 1.54) is 12.8 Å². The van der Waals surface area contributed by atoms with E-state index < -0.39 is 0 Å². The van der Waals surface area contributed by atoms with Crippen LogP contribution in [0.25, 0.3) is 0 Å². The van der Waals surface area contributed by atoms with E-state index in [1.54, 1.807) is 0 Å². The fourth-order valence-electron chi connectivity index (χ4n) is 2.71. The van der Waals surface area contributed by atoms with Gasteiger partial charge in [0.2, 0.25) is 0 Å². The van der Waals surface area contributed by atoms with Crippen molar-refractivity contribution in [1.29, 1.82) is 0 Å². The van der Waals surface area contributed by atoms with Crippen LogP contribution in [-0.2, 0) is 5.41 Å². The van der Waals surface area contributed by atoms with Crippen molar-refractivity contribution in [3.05, 3.63) is 11.9 Å². The molecule has 1 aliphatic heterocycles. The third kappa shape index (κ3) is 3.05. The second-order valence-corrected chi connectivity index (χ2v) is 7.28. The first kappa shape index (κ1) is 15.1.